The molecule has 0 aliphatic rings. The van der Waals surface area contributed by atoms with Gasteiger partial charge in [0, 0.05) is 12.0 Å². The summed E-state index contributed by atoms with van der Waals surface area (Å²) in [5.74, 6) is 0.215. The number of benzene rings is 1. The zero-order valence-corrected chi connectivity index (χ0v) is 11.6. The van der Waals surface area contributed by atoms with E-state index >= 15 is 0 Å². The molecule has 1 aromatic carbocycles. The van der Waals surface area contributed by atoms with Crippen molar-refractivity contribution in [2.24, 2.45) is 5.73 Å². The monoisotopic (exact) mass is 262 g/mol. The van der Waals surface area contributed by atoms with Crippen LogP contribution in [0.15, 0.2) is 24.3 Å². The van der Waals surface area contributed by atoms with Gasteiger partial charge in [-0.15, -0.1) is 11.3 Å². The normalized spacial score (nSPS) is 11.9. The number of para-hydroxylation sites is 1. The number of ketones is 1. The fourth-order valence-electron chi connectivity index (χ4n) is 1.71. The van der Waals surface area contributed by atoms with E-state index in [-0.39, 0.29) is 11.3 Å². The molecule has 0 aliphatic heterocycles. The van der Waals surface area contributed by atoms with Gasteiger partial charge in [0.2, 0.25) is 0 Å². The smallest absolute Gasteiger partial charge is 0.139 e. The minimum absolute atomic E-state index is 0.215. The van der Waals surface area contributed by atoms with Gasteiger partial charge in [0.05, 0.1) is 16.6 Å². The number of hydrogen-bond donors (Lipinski definition) is 1. The number of carbonyl (C=O) groups excluding carboxylic acids is 1. The fourth-order valence-corrected chi connectivity index (χ4v) is 2.71. The highest BCUT2D eigenvalue weighted by atomic mass is 32.1. The predicted molar refractivity (Wildman–Crippen MR) is 75.8 cm³/mol. The summed E-state index contributed by atoms with van der Waals surface area (Å²) < 4.78 is 1.14. The predicted octanol–water partition coefficient (Wildman–Crippen LogP) is 2.93. The third-order valence-corrected chi connectivity index (χ3v) is 3.77. The Kier molecular flexibility index (Phi) is 3.78. The highest BCUT2D eigenvalue weighted by molar-refractivity contribution is 7.18. The molecule has 0 amide bonds. The van der Waals surface area contributed by atoms with Crippen LogP contribution in [0.2, 0.25) is 0 Å². The van der Waals surface area contributed by atoms with Crippen molar-refractivity contribution in [2.75, 3.05) is 0 Å². The van der Waals surface area contributed by atoms with E-state index in [2.05, 4.69) is 4.98 Å². The second-order valence-electron chi connectivity index (χ2n) is 5.28. The van der Waals surface area contributed by atoms with Gasteiger partial charge in [-0.2, -0.15) is 0 Å². The van der Waals surface area contributed by atoms with Crippen molar-refractivity contribution in [1.29, 1.82) is 0 Å². The number of rotatable bonds is 5. The summed E-state index contributed by atoms with van der Waals surface area (Å²) in [5, 5.41) is 0.899. The molecule has 2 rings (SSSR count). The molecule has 1 heterocycles. The van der Waals surface area contributed by atoms with E-state index in [1.165, 1.54) is 0 Å². The van der Waals surface area contributed by atoms with Crippen LogP contribution in [0.1, 0.15) is 31.7 Å². The maximum atomic E-state index is 11.8. The van der Waals surface area contributed by atoms with Crippen LogP contribution in [-0.2, 0) is 11.2 Å². The number of nitrogens with zero attached hydrogens (tertiary/aromatic N) is 1. The maximum absolute atomic E-state index is 11.8. The number of carbonyl (C=O) groups is 1. The molecule has 96 valence electrons. The number of Topliss-reactive ketones (excluding diaryl/α,β-unsaturated/α-hetero) is 1. The highest BCUT2D eigenvalue weighted by Gasteiger charge is 2.14. The molecule has 0 saturated carbocycles. The summed E-state index contributed by atoms with van der Waals surface area (Å²) in [4.78, 5) is 16.3. The van der Waals surface area contributed by atoms with Gasteiger partial charge in [0.15, 0.2) is 0 Å². The van der Waals surface area contributed by atoms with E-state index in [1.807, 2.05) is 38.1 Å². The Hall–Kier alpha value is -1.26. The average molecular weight is 262 g/mol. The van der Waals surface area contributed by atoms with Gasteiger partial charge >= 0.3 is 0 Å². The fraction of sp³-hybridized carbons (Fsp3) is 0.429. The molecule has 0 atom stereocenters. The lowest BCUT2D eigenvalue weighted by atomic mass is 9.98. The zero-order valence-electron chi connectivity index (χ0n) is 10.8. The minimum Gasteiger partial charge on any atom is -0.326 e. The second-order valence-corrected chi connectivity index (χ2v) is 6.39. The summed E-state index contributed by atoms with van der Waals surface area (Å²) in [5.41, 5.74) is 6.57. The third kappa shape index (κ3) is 3.62. The Balaban J connectivity index is 1.99. The molecular weight excluding hydrogens is 244 g/mol. The number of thiazole rings is 1. The summed E-state index contributed by atoms with van der Waals surface area (Å²) in [6, 6.07) is 7.96. The van der Waals surface area contributed by atoms with Gasteiger partial charge in [-0.1, -0.05) is 12.1 Å². The Morgan fingerprint density at radius 3 is 2.78 bits per heavy atom. The third-order valence-electron chi connectivity index (χ3n) is 2.73. The van der Waals surface area contributed by atoms with Crippen molar-refractivity contribution >= 4 is 27.3 Å². The van der Waals surface area contributed by atoms with Gasteiger partial charge in [-0.25, -0.2) is 4.98 Å². The van der Waals surface area contributed by atoms with Gasteiger partial charge in [0.25, 0.3) is 0 Å². The van der Waals surface area contributed by atoms with Gasteiger partial charge < -0.3 is 5.73 Å². The van der Waals surface area contributed by atoms with Crippen LogP contribution in [0.3, 0.4) is 0 Å². The molecule has 2 aromatic rings. The Morgan fingerprint density at radius 2 is 2.11 bits per heavy atom. The SMILES string of the molecule is CC(C)(N)CCC(=O)Cc1nc2ccccc2s1. The maximum Gasteiger partial charge on any atom is 0.139 e. The molecule has 0 radical (unpaired) electrons. The topological polar surface area (TPSA) is 56.0 Å². The van der Waals surface area contributed by atoms with Crippen LogP contribution < -0.4 is 5.73 Å². The van der Waals surface area contributed by atoms with E-state index in [0.29, 0.717) is 12.8 Å². The zero-order chi connectivity index (χ0) is 13.2. The van der Waals surface area contributed by atoms with E-state index in [4.69, 9.17) is 5.73 Å². The lowest BCUT2D eigenvalue weighted by molar-refractivity contribution is -0.118. The summed E-state index contributed by atoms with van der Waals surface area (Å²) in [6.45, 7) is 3.88. The van der Waals surface area contributed by atoms with Crippen LogP contribution in [-0.4, -0.2) is 16.3 Å². The van der Waals surface area contributed by atoms with Crippen molar-refractivity contribution in [2.45, 2.75) is 38.6 Å². The molecule has 0 saturated heterocycles. The largest absolute Gasteiger partial charge is 0.326 e. The van der Waals surface area contributed by atoms with Crippen LogP contribution in [0.25, 0.3) is 10.2 Å². The van der Waals surface area contributed by atoms with Crippen molar-refractivity contribution < 1.29 is 4.79 Å². The van der Waals surface area contributed by atoms with Crippen LogP contribution >= 0.6 is 11.3 Å². The number of nitrogens with two attached hydrogens (primary N) is 1. The molecule has 1 aromatic heterocycles. The first-order valence-electron chi connectivity index (χ1n) is 6.09. The molecule has 0 bridgehead atoms. The first-order chi connectivity index (χ1) is 8.44. The van der Waals surface area contributed by atoms with Crippen LogP contribution in [0, 0.1) is 0 Å². The van der Waals surface area contributed by atoms with Gasteiger partial charge in [-0.05, 0) is 32.4 Å². The summed E-state index contributed by atoms with van der Waals surface area (Å²) in [6.07, 6.45) is 1.67. The molecule has 0 unspecified atom stereocenters. The lowest BCUT2D eigenvalue weighted by Gasteiger charge is -2.16. The molecule has 0 fully saturated rings. The minimum atomic E-state index is -0.275. The molecule has 2 N–H and O–H groups in total. The lowest BCUT2D eigenvalue weighted by Crippen LogP contribution is -2.32. The number of hydrogen-bond acceptors (Lipinski definition) is 4. The highest BCUT2D eigenvalue weighted by Crippen LogP contribution is 2.22. The Bertz CT molecular complexity index is 521. The van der Waals surface area contributed by atoms with Gasteiger partial charge in [-0.3, -0.25) is 4.79 Å². The van der Waals surface area contributed by atoms with E-state index < -0.39 is 0 Å². The van der Waals surface area contributed by atoms with Crippen LogP contribution in [0.4, 0.5) is 0 Å². The molecular formula is C14H18N2OS. The van der Waals surface area contributed by atoms with Crippen LogP contribution in [0.5, 0.6) is 0 Å². The summed E-state index contributed by atoms with van der Waals surface area (Å²) >= 11 is 1.60. The summed E-state index contributed by atoms with van der Waals surface area (Å²) in [7, 11) is 0. The molecule has 4 heteroatoms. The molecule has 18 heavy (non-hydrogen) atoms. The first kappa shape index (κ1) is 13.2. The van der Waals surface area contributed by atoms with E-state index in [0.717, 1.165) is 21.6 Å². The van der Waals surface area contributed by atoms with Crippen molar-refractivity contribution in [3.8, 4) is 0 Å². The molecule has 0 spiro atoms. The van der Waals surface area contributed by atoms with E-state index in [9.17, 15) is 4.79 Å². The van der Waals surface area contributed by atoms with Crippen molar-refractivity contribution in [3.63, 3.8) is 0 Å². The quantitative estimate of drug-likeness (QED) is 0.901. The van der Waals surface area contributed by atoms with Crippen molar-refractivity contribution in [1.82, 2.24) is 4.98 Å². The second kappa shape index (κ2) is 5.16. The average Bonchev–Trinajstić information content (AvgIpc) is 2.67. The van der Waals surface area contributed by atoms with Crippen molar-refractivity contribution in [3.05, 3.63) is 29.3 Å². The Labute approximate surface area is 111 Å². The number of fused-ring (bicyclic) bond motifs is 1. The first-order valence-corrected chi connectivity index (χ1v) is 6.91. The molecule has 3 nitrogen and oxygen atoms in total. The molecule has 0 aliphatic carbocycles. The van der Waals surface area contributed by atoms with E-state index in [1.54, 1.807) is 11.3 Å². The van der Waals surface area contributed by atoms with Gasteiger partial charge in [0.1, 0.15) is 10.8 Å². The standard InChI is InChI=1S/C14H18N2OS/c1-14(2,15)8-7-10(17)9-13-16-11-5-3-4-6-12(11)18-13/h3-6H,7-9,15H2,1-2H3. The Morgan fingerprint density at radius 1 is 1.39 bits per heavy atom. The number of aromatic nitrogens is 1.